The summed E-state index contributed by atoms with van der Waals surface area (Å²) in [5.41, 5.74) is -0.836. The molecular weight excluding hydrogens is 482 g/mol. The van der Waals surface area contributed by atoms with Crippen LogP contribution < -0.4 is 0 Å². The van der Waals surface area contributed by atoms with Gasteiger partial charge in [0.15, 0.2) is 10.5 Å². The SMILES string of the molecule is O=S(=O)(O)C(c1ccccc1Cl)(c1ccccc1Cl)c1c(O)cc(Cl)c(O)c1Cl. The fraction of sp³-hybridized carbons (Fsp3) is 0.0526. The molecule has 152 valence electrons. The van der Waals surface area contributed by atoms with Crippen molar-refractivity contribution in [2.75, 3.05) is 0 Å². The van der Waals surface area contributed by atoms with Crippen LogP contribution in [0.3, 0.4) is 0 Å². The minimum absolute atomic E-state index is 0.0602. The molecule has 0 aromatic heterocycles. The molecule has 0 saturated heterocycles. The van der Waals surface area contributed by atoms with Gasteiger partial charge in [-0.2, -0.15) is 8.42 Å². The molecule has 0 fully saturated rings. The van der Waals surface area contributed by atoms with E-state index in [4.69, 9.17) is 46.4 Å². The number of halogens is 4. The molecule has 0 heterocycles. The van der Waals surface area contributed by atoms with Crippen molar-refractivity contribution in [2.24, 2.45) is 0 Å². The normalized spacial score (nSPS) is 12.2. The summed E-state index contributed by atoms with van der Waals surface area (Å²) < 4.78 is 34.0. The maximum Gasteiger partial charge on any atom is 0.283 e. The van der Waals surface area contributed by atoms with Gasteiger partial charge in [0.25, 0.3) is 10.1 Å². The third-order valence-electron chi connectivity index (χ3n) is 4.42. The van der Waals surface area contributed by atoms with E-state index in [9.17, 15) is 23.2 Å². The first-order valence-electron chi connectivity index (χ1n) is 7.91. The van der Waals surface area contributed by atoms with E-state index in [-0.39, 0.29) is 26.2 Å². The van der Waals surface area contributed by atoms with Crippen LogP contribution in [0.5, 0.6) is 11.5 Å². The van der Waals surface area contributed by atoms with Crippen molar-refractivity contribution >= 4 is 56.5 Å². The molecule has 3 rings (SSSR count). The molecule has 29 heavy (non-hydrogen) atoms. The first kappa shape index (κ1) is 22.0. The molecule has 10 heteroatoms. The third kappa shape index (κ3) is 3.44. The van der Waals surface area contributed by atoms with Gasteiger partial charge in [-0.15, -0.1) is 0 Å². The summed E-state index contributed by atoms with van der Waals surface area (Å²) in [6.45, 7) is 0. The van der Waals surface area contributed by atoms with Crippen LogP contribution in [0.4, 0.5) is 0 Å². The zero-order valence-corrected chi connectivity index (χ0v) is 18.1. The third-order valence-corrected chi connectivity index (χ3v) is 7.15. The smallest absolute Gasteiger partial charge is 0.283 e. The second-order valence-electron chi connectivity index (χ2n) is 6.03. The molecular formula is C19H12Cl4O5S. The van der Waals surface area contributed by atoms with Crippen molar-refractivity contribution in [3.8, 4) is 11.5 Å². The summed E-state index contributed by atoms with van der Waals surface area (Å²) in [4.78, 5) is 0. The lowest BCUT2D eigenvalue weighted by Gasteiger charge is -2.35. The maximum atomic E-state index is 13.0. The van der Waals surface area contributed by atoms with Gasteiger partial charge < -0.3 is 10.2 Å². The highest BCUT2D eigenvalue weighted by atomic mass is 35.5. The molecule has 3 aromatic carbocycles. The van der Waals surface area contributed by atoms with Crippen molar-refractivity contribution in [3.05, 3.63) is 91.4 Å². The Labute approximate surface area is 186 Å². The van der Waals surface area contributed by atoms with E-state index >= 15 is 0 Å². The first-order chi connectivity index (χ1) is 13.5. The van der Waals surface area contributed by atoms with Gasteiger partial charge >= 0.3 is 0 Å². The van der Waals surface area contributed by atoms with Crippen LogP contribution in [-0.4, -0.2) is 23.2 Å². The fourth-order valence-electron chi connectivity index (χ4n) is 3.25. The molecule has 0 unspecified atom stereocenters. The molecule has 0 bridgehead atoms. The molecule has 3 N–H and O–H groups in total. The highest BCUT2D eigenvalue weighted by Crippen LogP contribution is 2.55. The van der Waals surface area contributed by atoms with E-state index in [0.717, 1.165) is 6.07 Å². The second kappa shape index (κ2) is 7.87. The van der Waals surface area contributed by atoms with Crippen molar-refractivity contribution in [1.29, 1.82) is 0 Å². The summed E-state index contributed by atoms with van der Waals surface area (Å²) in [6, 6.07) is 12.4. The fourth-order valence-corrected chi connectivity index (χ4v) is 5.93. The maximum absolute atomic E-state index is 13.0. The van der Waals surface area contributed by atoms with Gasteiger partial charge in [-0.1, -0.05) is 82.8 Å². The zero-order chi connectivity index (χ0) is 21.6. The number of hydrogen-bond acceptors (Lipinski definition) is 4. The predicted octanol–water partition coefficient (Wildman–Crippen LogP) is 5.89. The van der Waals surface area contributed by atoms with Gasteiger partial charge in [-0.3, -0.25) is 4.55 Å². The van der Waals surface area contributed by atoms with Crippen LogP contribution in [0.2, 0.25) is 20.1 Å². The topological polar surface area (TPSA) is 94.8 Å². The number of hydrogen-bond donors (Lipinski definition) is 3. The Balaban J connectivity index is 2.69. The minimum atomic E-state index is -5.17. The summed E-state index contributed by atoms with van der Waals surface area (Å²) in [6.07, 6.45) is 0. The molecule has 3 aromatic rings. The monoisotopic (exact) mass is 492 g/mol. The van der Waals surface area contributed by atoms with Gasteiger partial charge in [0.1, 0.15) is 5.75 Å². The number of phenolic OH excluding ortho intramolecular Hbond substituents is 2. The van der Waals surface area contributed by atoms with Crippen LogP contribution >= 0.6 is 46.4 Å². The van der Waals surface area contributed by atoms with Gasteiger partial charge in [0, 0.05) is 32.8 Å². The van der Waals surface area contributed by atoms with Crippen LogP contribution in [0.1, 0.15) is 16.7 Å². The Morgan fingerprint density at radius 1 is 0.759 bits per heavy atom. The van der Waals surface area contributed by atoms with E-state index in [2.05, 4.69) is 0 Å². The molecule has 0 radical (unpaired) electrons. The standard InChI is InChI=1S/C19H12Cl4O5S/c20-12-7-3-1-5-10(12)19(29(26,27)28,11-6-2-4-8-13(11)21)16-15(24)9-14(22)18(25)17(16)23/h1-9,24-25H,(H,26,27,28). The van der Waals surface area contributed by atoms with Gasteiger partial charge in [-0.25, -0.2) is 0 Å². The Kier molecular flexibility index (Phi) is 5.98. The van der Waals surface area contributed by atoms with E-state index in [1.807, 2.05) is 0 Å². The molecule has 0 aliphatic rings. The van der Waals surface area contributed by atoms with Crippen molar-refractivity contribution in [1.82, 2.24) is 0 Å². The summed E-state index contributed by atoms with van der Waals surface area (Å²) >= 11 is 24.7. The molecule has 0 saturated carbocycles. The van der Waals surface area contributed by atoms with Crippen LogP contribution in [0.15, 0.2) is 54.6 Å². The number of benzene rings is 3. The molecule has 0 aliphatic heterocycles. The highest BCUT2D eigenvalue weighted by molar-refractivity contribution is 7.87. The van der Waals surface area contributed by atoms with E-state index in [1.54, 1.807) is 12.1 Å². The van der Waals surface area contributed by atoms with Gasteiger partial charge in [0.05, 0.1) is 10.0 Å². The van der Waals surface area contributed by atoms with E-state index in [0.29, 0.717) is 0 Å². The lowest BCUT2D eigenvalue weighted by Crippen LogP contribution is -2.39. The van der Waals surface area contributed by atoms with Gasteiger partial charge in [-0.05, 0) is 12.1 Å². The van der Waals surface area contributed by atoms with E-state index < -0.39 is 37.0 Å². The van der Waals surface area contributed by atoms with E-state index in [1.165, 1.54) is 36.4 Å². The number of aromatic hydroxyl groups is 2. The molecule has 0 atom stereocenters. The van der Waals surface area contributed by atoms with Crippen LogP contribution in [0.25, 0.3) is 0 Å². The average Bonchev–Trinajstić information content (AvgIpc) is 2.64. The predicted molar refractivity (Wildman–Crippen MR) is 114 cm³/mol. The second-order valence-corrected chi connectivity index (χ2v) is 9.19. The van der Waals surface area contributed by atoms with Crippen LogP contribution in [-0.2, 0) is 14.9 Å². The van der Waals surface area contributed by atoms with Gasteiger partial charge in [0.2, 0.25) is 0 Å². The quantitative estimate of drug-likeness (QED) is 0.239. The summed E-state index contributed by atoms with van der Waals surface area (Å²) in [7, 11) is -5.17. The Bertz CT molecular complexity index is 1170. The highest BCUT2D eigenvalue weighted by Gasteiger charge is 2.54. The molecule has 5 nitrogen and oxygen atoms in total. The minimum Gasteiger partial charge on any atom is -0.507 e. The summed E-state index contributed by atoms with van der Waals surface area (Å²) in [5, 5.41) is 19.9. The largest absolute Gasteiger partial charge is 0.507 e. The lowest BCUT2D eigenvalue weighted by molar-refractivity contribution is 0.435. The van der Waals surface area contributed by atoms with Crippen molar-refractivity contribution in [3.63, 3.8) is 0 Å². The first-order valence-corrected chi connectivity index (χ1v) is 10.9. The Morgan fingerprint density at radius 3 is 1.62 bits per heavy atom. The van der Waals surface area contributed by atoms with Crippen molar-refractivity contribution < 1.29 is 23.2 Å². The molecule has 0 aliphatic carbocycles. The number of phenols is 2. The average molecular weight is 494 g/mol. The zero-order valence-electron chi connectivity index (χ0n) is 14.3. The Hall–Kier alpha value is -1.67. The summed E-state index contributed by atoms with van der Waals surface area (Å²) in [5.74, 6) is -1.39. The molecule has 0 amide bonds. The van der Waals surface area contributed by atoms with Crippen LogP contribution in [0, 0.1) is 0 Å². The van der Waals surface area contributed by atoms with Crippen molar-refractivity contribution in [2.45, 2.75) is 4.75 Å². The molecule has 0 spiro atoms. The lowest BCUT2D eigenvalue weighted by atomic mass is 9.83. The number of rotatable bonds is 4. The Morgan fingerprint density at radius 2 is 1.21 bits per heavy atom.